The number of imidazole rings is 1. The van der Waals surface area contributed by atoms with Crippen molar-refractivity contribution < 1.29 is 4.79 Å². The van der Waals surface area contributed by atoms with E-state index in [1.54, 1.807) is 12.5 Å². The lowest BCUT2D eigenvalue weighted by Crippen LogP contribution is -2.40. The summed E-state index contributed by atoms with van der Waals surface area (Å²) in [6.07, 6.45) is 10.4. The quantitative estimate of drug-likeness (QED) is 0.888. The molecular weight excluding hydrogens is 300 g/mol. The third-order valence-corrected chi connectivity index (χ3v) is 4.56. The molecule has 1 aliphatic rings. The van der Waals surface area contributed by atoms with Gasteiger partial charge in [-0.1, -0.05) is 43.2 Å². The SMILES string of the molecule is O=C(CN1CCCCCC1)NC(Cn1ccnc1)c1ccccc1. The van der Waals surface area contributed by atoms with E-state index in [9.17, 15) is 4.79 Å². The van der Waals surface area contributed by atoms with E-state index in [1.165, 1.54) is 25.7 Å². The Balaban J connectivity index is 1.63. The molecule has 1 N–H and O–H groups in total. The molecule has 0 saturated carbocycles. The molecule has 24 heavy (non-hydrogen) atoms. The van der Waals surface area contributed by atoms with Gasteiger partial charge in [-0.25, -0.2) is 4.98 Å². The molecule has 2 heterocycles. The van der Waals surface area contributed by atoms with Crippen molar-refractivity contribution in [3.63, 3.8) is 0 Å². The summed E-state index contributed by atoms with van der Waals surface area (Å²) in [5.41, 5.74) is 1.12. The van der Waals surface area contributed by atoms with Gasteiger partial charge in [0.1, 0.15) is 0 Å². The van der Waals surface area contributed by atoms with Gasteiger partial charge in [0.15, 0.2) is 0 Å². The van der Waals surface area contributed by atoms with Crippen molar-refractivity contribution in [1.82, 2.24) is 19.8 Å². The van der Waals surface area contributed by atoms with Crippen molar-refractivity contribution in [2.75, 3.05) is 19.6 Å². The average molecular weight is 326 g/mol. The van der Waals surface area contributed by atoms with Crippen molar-refractivity contribution in [3.8, 4) is 0 Å². The van der Waals surface area contributed by atoms with Gasteiger partial charge in [0, 0.05) is 18.9 Å². The average Bonchev–Trinajstić information content (AvgIpc) is 2.98. The number of amides is 1. The Kier molecular flexibility index (Phi) is 6.01. The zero-order chi connectivity index (χ0) is 16.6. The van der Waals surface area contributed by atoms with Crippen LogP contribution in [0.2, 0.25) is 0 Å². The maximum Gasteiger partial charge on any atom is 0.234 e. The molecular formula is C19H26N4O. The topological polar surface area (TPSA) is 50.2 Å². The van der Waals surface area contributed by atoms with Crippen LogP contribution in [0.3, 0.4) is 0 Å². The number of carbonyl (C=O) groups is 1. The molecule has 1 atom stereocenters. The number of aromatic nitrogens is 2. The molecule has 0 bridgehead atoms. The zero-order valence-electron chi connectivity index (χ0n) is 14.1. The van der Waals surface area contributed by atoms with Gasteiger partial charge in [0.2, 0.25) is 5.91 Å². The molecule has 128 valence electrons. The molecule has 1 saturated heterocycles. The summed E-state index contributed by atoms with van der Waals surface area (Å²) in [7, 11) is 0. The van der Waals surface area contributed by atoms with E-state index in [0.717, 1.165) is 18.7 Å². The van der Waals surface area contributed by atoms with Crippen molar-refractivity contribution in [1.29, 1.82) is 0 Å². The van der Waals surface area contributed by atoms with Crippen LogP contribution in [0.4, 0.5) is 0 Å². The first kappa shape index (κ1) is 16.7. The fraction of sp³-hybridized carbons (Fsp3) is 0.474. The standard InChI is InChI=1S/C19H26N4O/c24-19(15-22-11-6-1-2-7-12-22)21-18(14-23-13-10-20-16-23)17-8-4-3-5-9-17/h3-5,8-10,13,16,18H,1-2,6-7,11-12,14-15H2,(H,21,24). The Hall–Kier alpha value is -2.14. The number of rotatable bonds is 6. The molecule has 1 amide bonds. The molecule has 5 nitrogen and oxygen atoms in total. The van der Waals surface area contributed by atoms with Gasteiger partial charge >= 0.3 is 0 Å². The number of hydrogen-bond donors (Lipinski definition) is 1. The predicted molar refractivity (Wildman–Crippen MR) is 94.5 cm³/mol. The van der Waals surface area contributed by atoms with Crippen LogP contribution in [0.1, 0.15) is 37.3 Å². The maximum atomic E-state index is 12.6. The summed E-state index contributed by atoms with van der Waals surface area (Å²) in [5, 5.41) is 3.21. The van der Waals surface area contributed by atoms with Gasteiger partial charge in [0.05, 0.1) is 18.9 Å². The highest BCUT2D eigenvalue weighted by atomic mass is 16.2. The minimum Gasteiger partial charge on any atom is -0.346 e. The number of hydrogen-bond acceptors (Lipinski definition) is 3. The summed E-state index contributed by atoms with van der Waals surface area (Å²) >= 11 is 0. The highest BCUT2D eigenvalue weighted by molar-refractivity contribution is 5.78. The van der Waals surface area contributed by atoms with Crippen molar-refractivity contribution in [3.05, 3.63) is 54.6 Å². The third kappa shape index (κ3) is 4.93. The Morgan fingerprint density at radius 3 is 2.54 bits per heavy atom. The monoisotopic (exact) mass is 326 g/mol. The van der Waals surface area contributed by atoms with Crippen LogP contribution in [-0.4, -0.2) is 40.0 Å². The smallest absolute Gasteiger partial charge is 0.234 e. The van der Waals surface area contributed by atoms with Crippen LogP contribution in [0.15, 0.2) is 49.1 Å². The molecule has 0 radical (unpaired) electrons. The van der Waals surface area contributed by atoms with Gasteiger partial charge in [-0.3, -0.25) is 9.69 Å². The molecule has 1 aliphatic heterocycles. The minimum absolute atomic E-state index is 0.0418. The minimum atomic E-state index is -0.0418. The van der Waals surface area contributed by atoms with Gasteiger partial charge < -0.3 is 9.88 Å². The van der Waals surface area contributed by atoms with Gasteiger partial charge in [0.25, 0.3) is 0 Å². The Morgan fingerprint density at radius 2 is 1.88 bits per heavy atom. The number of nitrogens with one attached hydrogen (secondary N) is 1. The number of benzene rings is 1. The number of likely N-dealkylation sites (tertiary alicyclic amines) is 1. The number of carbonyl (C=O) groups excluding carboxylic acids is 1. The van der Waals surface area contributed by atoms with Crippen LogP contribution >= 0.6 is 0 Å². The summed E-state index contributed by atoms with van der Waals surface area (Å²) in [5.74, 6) is 0.103. The van der Waals surface area contributed by atoms with Crippen LogP contribution in [0.25, 0.3) is 0 Å². The molecule has 2 aromatic rings. The van der Waals surface area contributed by atoms with E-state index >= 15 is 0 Å². The second kappa shape index (κ2) is 8.64. The summed E-state index contributed by atoms with van der Waals surface area (Å²) < 4.78 is 2.00. The molecule has 1 unspecified atom stereocenters. The van der Waals surface area contributed by atoms with E-state index in [-0.39, 0.29) is 11.9 Å². The molecule has 0 spiro atoms. The van der Waals surface area contributed by atoms with Crippen molar-refractivity contribution in [2.45, 2.75) is 38.3 Å². The Labute approximate surface area is 143 Å². The van der Waals surface area contributed by atoms with E-state index < -0.39 is 0 Å². The largest absolute Gasteiger partial charge is 0.346 e. The fourth-order valence-electron chi connectivity index (χ4n) is 3.26. The Morgan fingerprint density at radius 1 is 1.12 bits per heavy atom. The van der Waals surface area contributed by atoms with E-state index in [2.05, 4.69) is 27.3 Å². The summed E-state index contributed by atoms with van der Waals surface area (Å²) in [6.45, 7) is 3.25. The lowest BCUT2D eigenvalue weighted by molar-refractivity contribution is -0.123. The van der Waals surface area contributed by atoms with Crippen LogP contribution in [0, 0.1) is 0 Å². The van der Waals surface area contributed by atoms with E-state index in [4.69, 9.17) is 0 Å². The first-order valence-corrected chi connectivity index (χ1v) is 8.83. The van der Waals surface area contributed by atoms with Gasteiger partial charge in [-0.2, -0.15) is 0 Å². The van der Waals surface area contributed by atoms with Gasteiger partial charge in [-0.15, -0.1) is 0 Å². The van der Waals surface area contributed by atoms with E-state index in [0.29, 0.717) is 13.1 Å². The second-order valence-electron chi connectivity index (χ2n) is 6.48. The van der Waals surface area contributed by atoms with Crippen molar-refractivity contribution in [2.24, 2.45) is 0 Å². The second-order valence-corrected chi connectivity index (χ2v) is 6.48. The zero-order valence-corrected chi connectivity index (χ0v) is 14.1. The highest BCUT2D eigenvalue weighted by Crippen LogP contribution is 2.15. The first-order chi connectivity index (χ1) is 11.8. The summed E-state index contributed by atoms with van der Waals surface area (Å²) in [6, 6.07) is 10.1. The van der Waals surface area contributed by atoms with Crippen LogP contribution in [-0.2, 0) is 11.3 Å². The number of nitrogens with zero attached hydrogens (tertiary/aromatic N) is 3. The van der Waals surface area contributed by atoms with E-state index in [1.807, 2.05) is 29.0 Å². The fourth-order valence-corrected chi connectivity index (χ4v) is 3.26. The van der Waals surface area contributed by atoms with Crippen LogP contribution in [0.5, 0.6) is 0 Å². The lowest BCUT2D eigenvalue weighted by Gasteiger charge is -2.23. The molecule has 1 aromatic heterocycles. The third-order valence-electron chi connectivity index (χ3n) is 4.56. The first-order valence-electron chi connectivity index (χ1n) is 8.83. The highest BCUT2D eigenvalue weighted by Gasteiger charge is 2.18. The normalized spacial score (nSPS) is 17.2. The van der Waals surface area contributed by atoms with Crippen LogP contribution < -0.4 is 5.32 Å². The molecule has 0 aliphatic carbocycles. The molecule has 5 heteroatoms. The lowest BCUT2D eigenvalue weighted by atomic mass is 10.1. The Bertz CT molecular complexity index is 604. The summed E-state index contributed by atoms with van der Waals surface area (Å²) in [4.78, 5) is 18.9. The molecule has 3 rings (SSSR count). The molecule has 1 fully saturated rings. The van der Waals surface area contributed by atoms with Gasteiger partial charge in [-0.05, 0) is 31.5 Å². The predicted octanol–water partition coefficient (Wildman–Crippen LogP) is 2.62. The maximum absolute atomic E-state index is 12.6. The van der Waals surface area contributed by atoms with Crippen molar-refractivity contribution >= 4 is 5.91 Å². The molecule has 1 aromatic carbocycles.